The predicted molar refractivity (Wildman–Crippen MR) is 105 cm³/mol. The Bertz CT molecular complexity index is 1020. The number of carbonyl (C=O) groups is 1. The summed E-state index contributed by atoms with van der Waals surface area (Å²) in [5.74, 6) is 1.13. The second kappa shape index (κ2) is 8.03. The lowest BCUT2D eigenvalue weighted by atomic mass is 10.3. The van der Waals surface area contributed by atoms with E-state index in [0.717, 1.165) is 17.5 Å². The Labute approximate surface area is 164 Å². The van der Waals surface area contributed by atoms with Crippen LogP contribution >= 0.6 is 0 Å². The van der Waals surface area contributed by atoms with E-state index in [1.54, 1.807) is 41.3 Å². The third-order valence-corrected chi connectivity index (χ3v) is 5.84. The van der Waals surface area contributed by atoms with E-state index in [-0.39, 0.29) is 6.03 Å². The molecule has 1 aliphatic rings. The molecule has 28 heavy (non-hydrogen) atoms. The van der Waals surface area contributed by atoms with Crippen molar-refractivity contribution >= 4 is 33.7 Å². The van der Waals surface area contributed by atoms with Gasteiger partial charge in [-0.25, -0.2) is 19.4 Å². The van der Waals surface area contributed by atoms with Crippen molar-refractivity contribution < 1.29 is 13.7 Å². The van der Waals surface area contributed by atoms with Gasteiger partial charge < -0.3 is 10.1 Å². The Hall–Kier alpha value is -2.85. The minimum Gasteiger partial charge on any atom is -0.385 e. The van der Waals surface area contributed by atoms with E-state index in [4.69, 9.17) is 4.74 Å². The van der Waals surface area contributed by atoms with Crippen molar-refractivity contribution in [3.8, 4) is 5.69 Å². The number of pyridine rings is 2. The van der Waals surface area contributed by atoms with Crippen molar-refractivity contribution in [3.05, 3.63) is 36.8 Å². The molecule has 1 fully saturated rings. The van der Waals surface area contributed by atoms with Gasteiger partial charge in [-0.15, -0.1) is 0 Å². The van der Waals surface area contributed by atoms with Crippen LogP contribution in [0.5, 0.6) is 0 Å². The molecule has 4 heterocycles. The Morgan fingerprint density at radius 1 is 1.25 bits per heavy atom. The van der Waals surface area contributed by atoms with E-state index in [9.17, 15) is 9.00 Å². The largest absolute Gasteiger partial charge is 0.385 e. The smallest absolute Gasteiger partial charge is 0.323 e. The quantitative estimate of drug-likeness (QED) is 0.603. The van der Waals surface area contributed by atoms with Crippen LogP contribution in [-0.4, -0.2) is 62.5 Å². The first-order valence-corrected chi connectivity index (χ1v) is 10.2. The summed E-state index contributed by atoms with van der Waals surface area (Å²) in [6.45, 7) is 1.80. The molecular formula is C18H20N6O3S. The molecule has 1 saturated heterocycles. The number of nitrogens with one attached hydrogen (secondary N) is 1. The maximum atomic E-state index is 12.4. The summed E-state index contributed by atoms with van der Waals surface area (Å²) in [6.07, 6.45) is 5.71. The minimum absolute atomic E-state index is 0.141. The average molecular weight is 400 g/mol. The van der Waals surface area contributed by atoms with Crippen LogP contribution in [0.1, 0.15) is 6.42 Å². The zero-order chi connectivity index (χ0) is 19.5. The van der Waals surface area contributed by atoms with Gasteiger partial charge in [0.1, 0.15) is 5.82 Å². The molecule has 146 valence electrons. The first-order valence-electron chi connectivity index (χ1n) is 8.90. The fourth-order valence-electron chi connectivity index (χ4n) is 3.02. The molecule has 1 aliphatic heterocycles. The summed E-state index contributed by atoms with van der Waals surface area (Å²) < 4.78 is 19.0. The van der Waals surface area contributed by atoms with E-state index in [1.807, 2.05) is 12.1 Å². The number of nitrogens with zero attached hydrogens (tertiary/aromatic N) is 5. The zero-order valence-electron chi connectivity index (χ0n) is 15.4. The van der Waals surface area contributed by atoms with E-state index in [2.05, 4.69) is 20.4 Å². The monoisotopic (exact) mass is 400 g/mol. The summed E-state index contributed by atoms with van der Waals surface area (Å²) in [6, 6.07) is 5.34. The molecular weight excluding hydrogens is 380 g/mol. The number of methoxy groups -OCH3 is 1. The number of fused-ring (bicyclic) bond motifs is 1. The maximum absolute atomic E-state index is 12.4. The number of ether oxygens (including phenoxy) is 1. The standard InChI is InChI=1S/C18H20N6O3S/c1-27-7-2-8-28(26)15-9-13-10-22-24(17(13)21-12-15)14-3-4-16(20-11-14)23-6-5-19-18(23)25/h3-4,9-12H,2,5-8H2,1H3,(H,19,25)/t28-/m1/s1. The van der Waals surface area contributed by atoms with Gasteiger partial charge in [0.05, 0.1) is 33.8 Å². The molecule has 1 N–H and O–H groups in total. The molecule has 10 heteroatoms. The third-order valence-electron chi connectivity index (χ3n) is 4.43. The Morgan fingerprint density at radius 3 is 2.86 bits per heavy atom. The Balaban J connectivity index is 1.56. The van der Waals surface area contributed by atoms with Crippen molar-refractivity contribution in [2.24, 2.45) is 0 Å². The number of urea groups is 1. The van der Waals surface area contributed by atoms with Crippen LogP contribution in [-0.2, 0) is 15.5 Å². The highest BCUT2D eigenvalue weighted by atomic mass is 32.2. The maximum Gasteiger partial charge on any atom is 0.323 e. The second-order valence-electron chi connectivity index (χ2n) is 6.29. The topological polar surface area (TPSA) is 102 Å². The third kappa shape index (κ3) is 3.60. The van der Waals surface area contributed by atoms with E-state index < -0.39 is 10.8 Å². The molecule has 0 bridgehead atoms. The lowest BCUT2D eigenvalue weighted by Crippen LogP contribution is -2.28. The van der Waals surface area contributed by atoms with Gasteiger partial charge in [-0.05, 0) is 24.6 Å². The fraction of sp³-hybridized carbons (Fsp3) is 0.333. The first-order chi connectivity index (χ1) is 13.7. The van der Waals surface area contributed by atoms with Gasteiger partial charge in [0.15, 0.2) is 5.65 Å². The molecule has 1 atom stereocenters. The second-order valence-corrected chi connectivity index (χ2v) is 7.87. The van der Waals surface area contributed by atoms with Gasteiger partial charge in [-0.1, -0.05) is 0 Å². The molecule has 3 aromatic heterocycles. The van der Waals surface area contributed by atoms with Crippen molar-refractivity contribution in [1.29, 1.82) is 0 Å². The highest BCUT2D eigenvalue weighted by Crippen LogP contribution is 2.21. The molecule has 0 saturated carbocycles. The van der Waals surface area contributed by atoms with Crippen LogP contribution in [0.2, 0.25) is 0 Å². The number of hydrogen-bond donors (Lipinski definition) is 1. The SMILES string of the molecule is COCCC[S@@](=O)c1cnc2c(cnn2-c2ccc(N3CCNC3=O)nc2)c1. The van der Waals surface area contributed by atoms with Crippen LogP contribution in [0.4, 0.5) is 10.6 Å². The summed E-state index contributed by atoms with van der Waals surface area (Å²) in [4.78, 5) is 22.8. The molecule has 4 rings (SSSR count). The number of hydrogen-bond acceptors (Lipinski definition) is 6. The highest BCUT2D eigenvalue weighted by Gasteiger charge is 2.22. The summed E-state index contributed by atoms with van der Waals surface area (Å²) in [7, 11) is 0.512. The number of rotatable bonds is 7. The van der Waals surface area contributed by atoms with Gasteiger partial charge in [0.2, 0.25) is 0 Å². The Kier molecular flexibility index (Phi) is 5.31. The van der Waals surface area contributed by atoms with Crippen LogP contribution in [0.3, 0.4) is 0 Å². The van der Waals surface area contributed by atoms with Gasteiger partial charge in [0, 0.05) is 44.1 Å². The average Bonchev–Trinajstić information content (AvgIpc) is 3.34. The van der Waals surface area contributed by atoms with Crippen LogP contribution in [0.15, 0.2) is 41.7 Å². The molecule has 9 nitrogen and oxygen atoms in total. The summed E-state index contributed by atoms with van der Waals surface area (Å²) in [5, 5.41) is 7.94. The van der Waals surface area contributed by atoms with Crippen LogP contribution < -0.4 is 10.2 Å². The number of amides is 2. The van der Waals surface area contributed by atoms with E-state index >= 15 is 0 Å². The summed E-state index contributed by atoms with van der Waals surface area (Å²) in [5.41, 5.74) is 1.39. The summed E-state index contributed by atoms with van der Waals surface area (Å²) >= 11 is 0. The van der Waals surface area contributed by atoms with Gasteiger partial charge in [0.25, 0.3) is 0 Å². The number of carbonyl (C=O) groups excluding carboxylic acids is 1. The molecule has 0 spiro atoms. The minimum atomic E-state index is -1.12. The van der Waals surface area contributed by atoms with E-state index in [0.29, 0.717) is 41.8 Å². The molecule has 0 unspecified atom stereocenters. The van der Waals surface area contributed by atoms with E-state index in [1.165, 1.54) is 0 Å². The molecule has 0 radical (unpaired) electrons. The van der Waals surface area contributed by atoms with Gasteiger partial charge >= 0.3 is 6.03 Å². The van der Waals surface area contributed by atoms with Crippen molar-refractivity contribution in [2.75, 3.05) is 37.5 Å². The van der Waals surface area contributed by atoms with Crippen molar-refractivity contribution in [1.82, 2.24) is 25.1 Å². The number of aromatic nitrogens is 4. The molecule has 2 amide bonds. The molecule has 3 aromatic rings. The van der Waals surface area contributed by atoms with Crippen molar-refractivity contribution in [2.45, 2.75) is 11.3 Å². The molecule has 0 aromatic carbocycles. The predicted octanol–water partition coefficient (Wildman–Crippen LogP) is 1.49. The highest BCUT2D eigenvalue weighted by molar-refractivity contribution is 7.85. The Morgan fingerprint density at radius 2 is 2.14 bits per heavy atom. The normalized spacial score (nSPS) is 15.2. The fourth-order valence-corrected chi connectivity index (χ4v) is 4.06. The molecule has 0 aliphatic carbocycles. The van der Waals surface area contributed by atoms with Gasteiger partial charge in [-0.3, -0.25) is 9.11 Å². The van der Waals surface area contributed by atoms with Crippen LogP contribution in [0.25, 0.3) is 16.7 Å². The van der Waals surface area contributed by atoms with Crippen molar-refractivity contribution in [3.63, 3.8) is 0 Å². The van der Waals surface area contributed by atoms with Crippen LogP contribution in [0, 0.1) is 0 Å². The van der Waals surface area contributed by atoms with Gasteiger partial charge in [-0.2, -0.15) is 5.10 Å². The lowest BCUT2D eigenvalue weighted by Gasteiger charge is -2.13. The number of anilines is 1. The zero-order valence-corrected chi connectivity index (χ0v) is 16.2. The first kappa shape index (κ1) is 18.5. The lowest BCUT2D eigenvalue weighted by molar-refractivity contribution is 0.200.